The number of hydrogen-bond acceptors (Lipinski definition) is 3. The number of hydrogen-bond donors (Lipinski definition) is 2. The largest absolute Gasteiger partial charge is 0.494 e. The molecule has 0 radical (unpaired) electrons. The molecule has 0 bridgehead atoms. The van der Waals surface area contributed by atoms with Gasteiger partial charge >= 0.3 is 6.03 Å². The van der Waals surface area contributed by atoms with Crippen molar-refractivity contribution < 1.29 is 9.53 Å². The molecule has 6 heteroatoms. The minimum atomic E-state index is -0.250. The van der Waals surface area contributed by atoms with Crippen molar-refractivity contribution in [1.82, 2.24) is 9.88 Å². The van der Waals surface area contributed by atoms with Crippen LogP contribution >= 0.6 is 0 Å². The summed E-state index contributed by atoms with van der Waals surface area (Å²) < 4.78 is 5.59. The Bertz CT molecular complexity index is 1270. The summed E-state index contributed by atoms with van der Waals surface area (Å²) in [6, 6.07) is 26.5. The molecule has 168 valence electrons. The lowest BCUT2D eigenvalue weighted by molar-refractivity contribution is 0.209. The number of anilines is 1. The average molecular weight is 442 g/mol. The van der Waals surface area contributed by atoms with Crippen molar-refractivity contribution >= 4 is 22.6 Å². The van der Waals surface area contributed by atoms with Gasteiger partial charge in [-0.2, -0.15) is 0 Å². The Hall–Kier alpha value is -4.06. The normalized spacial score (nSPS) is 10.7. The second-order valence-corrected chi connectivity index (χ2v) is 7.76. The van der Waals surface area contributed by atoms with Gasteiger partial charge in [0, 0.05) is 28.7 Å². The molecule has 6 nitrogen and oxygen atoms in total. The van der Waals surface area contributed by atoms with E-state index in [0.717, 1.165) is 22.2 Å². The maximum Gasteiger partial charge on any atom is 0.322 e. The van der Waals surface area contributed by atoms with Gasteiger partial charge < -0.3 is 19.9 Å². The Morgan fingerprint density at radius 1 is 0.970 bits per heavy atom. The van der Waals surface area contributed by atoms with Crippen LogP contribution < -0.4 is 15.6 Å². The summed E-state index contributed by atoms with van der Waals surface area (Å²) in [5.74, 6) is 0.741. The van der Waals surface area contributed by atoms with E-state index in [0.29, 0.717) is 30.8 Å². The Labute approximate surface area is 192 Å². The monoisotopic (exact) mass is 441 g/mol. The van der Waals surface area contributed by atoms with Gasteiger partial charge in [0.2, 0.25) is 0 Å². The lowest BCUT2D eigenvalue weighted by Crippen LogP contribution is -2.37. The fraction of sp³-hybridized carbons (Fsp3) is 0.185. The van der Waals surface area contributed by atoms with Crippen LogP contribution in [0.2, 0.25) is 0 Å². The van der Waals surface area contributed by atoms with Gasteiger partial charge in [-0.05, 0) is 55.3 Å². The van der Waals surface area contributed by atoms with E-state index in [1.807, 2.05) is 91.9 Å². The van der Waals surface area contributed by atoms with Crippen LogP contribution in [0.25, 0.3) is 10.9 Å². The van der Waals surface area contributed by atoms with E-state index in [-0.39, 0.29) is 18.1 Å². The highest BCUT2D eigenvalue weighted by Crippen LogP contribution is 2.20. The molecule has 3 aromatic carbocycles. The van der Waals surface area contributed by atoms with Crippen molar-refractivity contribution in [3.05, 3.63) is 106 Å². The van der Waals surface area contributed by atoms with Gasteiger partial charge in [0.15, 0.2) is 0 Å². The molecule has 0 aliphatic heterocycles. The van der Waals surface area contributed by atoms with Crippen molar-refractivity contribution in [3.63, 3.8) is 0 Å². The van der Waals surface area contributed by atoms with Crippen LogP contribution in [0.4, 0.5) is 10.5 Å². The third kappa shape index (κ3) is 5.80. The van der Waals surface area contributed by atoms with Crippen molar-refractivity contribution in [3.8, 4) is 5.75 Å². The molecule has 0 spiro atoms. The summed E-state index contributed by atoms with van der Waals surface area (Å²) in [4.78, 5) is 30.5. The van der Waals surface area contributed by atoms with Crippen molar-refractivity contribution in [2.45, 2.75) is 19.9 Å². The van der Waals surface area contributed by atoms with E-state index < -0.39 is 0 Å². The maximum absolute atomic E-state index is 13.1. The number of H-pyrrole nitrogens is 1. The molecular weight excluding hydrogens is 414 g/mol. The molecule has 2 N–H and O–H groups in total. The molecule has 2 amide bonds. The lowest BCUT2D eigenvalue weighted by atomic mass is 10.1. The molecule has 1 heterocycles. The number of benzene rings is 3. The third-order valence-corrected chi connectivity index (χ3v) is 5.39. The molecule has 0 aliphatic carbocycles. The number of ether oxygens (including phenoxy) is 1. The number of amides is 2. The Kier molecular flexibility index (Phi) is 7.05. The Morgan fingerprint density at radius 2 is 1.70 bits per heavy atom. The van der Waals surface area contributed by atoms with Gasteiger partial charge in [-0.1, -0.05) is 48.5 Å². The fourth-order valence-corrected chi connectivity index (χ4v) is 3.69. The maximum atomic E-state index is 13.1. The predicted octanol–water partition coefficient (Wildman–Crippen LogP) is 5.20. The van der Waals surface area contributed by atoms with E-state index in [9.17, 15) is 9.59 Å². The van der Waals surface area contributed by atoms with Crippen LogP contribution in [-0.4, -0.2) is 29.1 Å². The Balaban J connectivity index is 1.60. The van der Waals surface area contributed by atoms with Gasteiger partial charge in [-0.3, -0.25) is 4.79 Å². The SMILES string of the molecule is CCOc1ccc2[nH]c(=O)c(CN(CCc3ccccc3)C(=O)Nc3ccccc3)cc2c1. The molecule has 4 aromatic rings. The first-order valence-electron chi connectivity index (χ1n) is 11.1. The van der Waals surface area contributed by atoms with Gasteiger partial charge in [-0.25, -0.2) is 4.79 Å². The van der Waals surface area contributed by atoms with Crippen molar-refractivity contribution in [2.24, 2.45) is 0 Å². The third-order valence-electron chi connectivity index (χ3n) is 5.39. The number of aromatic nitrogens is 1. The second-order valence-electron chi connectivity index (χ2n) is 7.76. The summed E-state index contributed by atoms with van der Waals surface area (Å²) in [5.41, 5.74) is 2.89. The summed E-state index contributed by atoms with van der Waals surface area (Å²) in [7, 11) is 0. The van der Waals surface area contributed by atoms with E-state index >= 15 is 0 Å². The molecule has 4 rings (SSSR count). The van der Waals surface area contributed by atoms with E-state index in [4.69, 9.17) is 4.74 Å². The first kappa shape index (κ1) is 22.1. The molecule has 33 heavy (non-hydrogen) atoms. The predicted molar refractivity (Wildman–Crippen MR) is 132 cm³/mol. The van der Waals surface area contributed by atoms with Crippen LogP contribution in [0.5, 0.6) is 5.75 Å². The van der Waals surface area contributed by atoms with Crippen LogP contribution in [0.15, 0.2) is 89.7 Å². The first-order chi connectivity index (χ1) is 16.1. The standard InChI is InChI=1S/C27H27N3O3/c1-2-33-24-13-14-25-21(18-24)17-22(26(31)29-25)19-30(16-15-20-9-5-3-6-10-20)27(32)28-23-11-7-4-8-12-23/h3-14,17-18H,2,15-16,19H2,1H3,(H,28,32)(H,29,31). The number of nitrogens with one attached hydrogen (secondary N) is 2. The summed E-state index contributed by atoms with van der Waals surface area (Å²) in [6.45, 7) is 3.15. The lowest BCUT2D eigenvalue weighted by Gasteiger charge is -2.23. The number of rotatable bonds is 8. The quantitative estimate of drug-likeness (QED) is 0.394. The fourth-order valence-electron chi connectivity index (χ4n) is 3.69. The van der Waals surface area contributed by atoms with Gasteiger partial charge in [0.05, 0.1) is 13.2 Å². The molecule has 0 unspecified atom stereocenters. The van der Waals surface area contributed by atoms with Crippen LogP contribution in [0.3, 0.4) is 0 Å². The Morgan fingerprint density at radius 3 is 2.42 bits per heavy atom. The van der Waals surface area contributed by atoms with E-state index in [2.05, 4.69) is 10.3 Å². The van der Waals surface area contributed by atoms with E-state index in [1.165, 1.54) is 0 Å². The van der Waals surface area contributed by atoms with Gasteiger partial charge in [0.25, 0.3) is 5.56 Å². The zero-order valence-corrected chi connectivity index (χ0v) is 18.6. The van der Waals surface area contributed by atoms with Crippen LogP contribution in [-0.2, 0) is 13.0 Å². The molecule has 1 aromatic heterocycles. The highest BCUT2D eigenvalue weighted by molar-refractivity contribution is 5.89. The molecule has 0 saturated heterocycles. The second kappa shape index (κ2) is 10.5. The summed E-state index contributed by atoms with van der Waals surface area (Å²) >= 11 is 0. The molecule has 0 aliphatic rings. The number of carbonyl (C=O) groups excluding carboxylic acids is 1. The van der Waals surface area contributed by atoms with Gasteiger partial charge in [-0.15, -0.1) is 0 Å². The minimum absolute atomic E-state index is 0.190. The molecular formula is C27H27N3O3. The average Bonchev–Trinajstić information content (AvgIpc) is 2.83. The number of nitrogens with zero attached hydrogens (tertiary/aromatic N) is 1. The number of fused-ring (bicyclic) bond motifs is 1. The van der Waals surface area contributed by atoms with E-state index in [1.54, 1.807) is 4.90 Å². The number of pyridine rings is 1. The van der Waals surface area contributed by atoms with Crippen LogP contribution in [0, 0.1) is 0 Å². The van der Waals surface area contributed by atoms with Crippen molar-refractivity contribution in [2.75, 3.05) is 18.5 Å². The highest BCUT2D eigenvalue weighted by Gasteiger charge is 2.17. The number of para-hydroxylation sites is 1. The first-order valence-corrected chi connectivity index (χ1v) is 11.1. The molecule has 0 atom stereocenters. The van der Waals surface area contributed by atoms with Gasteiger partial charge in [0.1, 0.15) is 5.75 Å². The van der Waals surface area contributed by atoms with Crippen molar-refractivity contribution in [1.29, 1.82) is 0 Å². The zero-order valence-electron chi connectivity index (χ0n) is 18.6. The smallest absolute Gasteiger partial charge is 0.322 e. The summed E-state index contributed by atoms with van der Waals surface area (Å²) in [6.07, 6.45) is 0.684. The van der Waals surface area contributed by atoms with Crippen LogP contribution in [0.1, 0.15) is 18.1 Å². The molecule has 0 fully saturated rings. The number of carbonyl (C=O) groups is 1. The highest BCUT2D eigenvalue weighted by atomic mass is 16.5. The number of urea groups is 1. The minimum Gasteiger partial charge on any atom is -0.494 e. The molecule has 0 saturated carbocycles. The number of aromatic amines is 1. The zero-order chi connectivity index (χ0) is 23.0. The topological polar surface area (TPSA) is 74.4 Å². The summed E-state index contributed by atoms with van der Waals surface area (Å²) in [5, 5.41) is 3.80.